The highest BCUT2D eigenvalue weighted by molar-refractivity contribution is 5.70. The molecular formula is C16H32O3. The van der Waals surface area contributed by atoms with Crippen LogP contribution in [0.2, 0.25) is 0 Å². The van der Waals surface area contributed by atoms with Gasteiger partial charge in [0.05, 0.1) is 6.42 Å². The smallest absolute Gasteiger partial charge is 0.306 e. The first-order chi connectivity index (χ1) is 8.78. The zero-order valence-electron chi connectivity index (χ0n) is 13.4. The first-order valence-corrected chi connectivity index (χ1v) is 7.61. The summed E-state index contributed by atoms with van der Waals surface area (Å²) in [7, 11) is 0. The van der Waals surface area contributed by atoms with Crippen LogP contribution in [-0.2, 0) is 9.53 Å². The van der Waals surface area contributed by atoms with Crippen LogP contribution in [0, 0.1) is 11.8 Å². The van der Waals surface area contributed by atoms with E-state index in [9.17, 15) is 9.90 Å². The van der Waals surface area contributed by atoms with Gasteiger partial charge in [0.2, 0.25) is 0 Å². The zero-order valence-corrected chi connectivity index (χ0v) is 13.4. The molecule has 0 aliphatic heterocycles. The Balaban J connectivity index is 4.03. The first-order valence-electron chi connectivity index (χ1n) is 7.61. The van der Waals surface area contributed by atoms with Gasteiger partial charge in [-0.1, -0.05) is 39.5 Å². The van der Waals surface area contributed by atoms with Crippen LogP contribution < -0.4 is 0 Å². The number of ether oxygens (including phenoxy) is 1. The average molecular weight is 272 g/mol. The van der Waals surface area contributed by atoms with E-state index in [-0.39, 0.29) is 18.5 Å². The Morgan fingerprint density at radius 1 is 1.26 bits per heavy atom. The molecule has 0 spiro atoms. The minimum Gasteiger partial charge on any atom is -0.460 e. The van der Waals surface area contributed by atoms with Crippen molar-refractivity contribution in [1.82, 2.24) is 0 Å². The second-order valence-corrected chi connectivity index (χ2v) is 6.68. The molecule has 0 aliphatic carbocycles. The fourth-order valence-corrected chi connectivity index (χ4v) is 2.27. The van der Waals surface area contributed by atoms with E-state index in [1.807, 2.05) is 20.8 Å². The van der Waals surface area contributed by atoms with Gasteiger partial charge in [0.1, 0.15) is 5.60 Å². The molecule has 0 rings (SSSR count). The minimum absolute atomic E-state index is 0.0338. The Morgan fingerprint density at radius 3 is 2.37 bits per heavy atom. The highest BCUT2D eigenvalue weighted by atomic mass is 16.6. The molecule has 2 atom stereocenters. The van der Waals surface area contributed by atoms with Crippen molar-refractivity contribution in [3.63, 3.8) is 0 Å². The van der Waals surface area contributed by atoms with Crippen LogP contribution >= 0.6 is 0 Å². The molecule has 19 heavy (non-hydrogen) atoms. The number of aliphatic hydroxyl groups excluding tert-OH is 1. The quantitative estimate of drug-likeness (QED) is 0.511. The third-order valence-electron chi connectivity index (χ3n) is 3.17. The van der Waals surface area contributed by atoms with Crippen LogP contribution in [0.4, 0.5) is 0 Å². The lowest BCUT2D eigenvalue weighted by molar-refractivity contribution is -0.156. The first kappa shape index (κ1) is 18.4. The molecule has 3 nitrogen and oxygen atoms in total. The van der Waals surface area contributed by atoms with Crippen LogP contribution in [0.5, 0.6) is 0 Å². The molecule has 0 aromatic heterocycles. The van der Waals surface area contributed by atoms with E-state index >= 15 is 0 Å². The molecule has 0 aromatic carbocycles. The van der Waals surface area contributed by atoms with E-state index in [1.165, 1.54) is 25.7 Å². The molecule has 0 saturated carbocycles. The summed E-state index contributed by atoms with van der Waals surface area (Å²) in [4.78, 5) is 11.7. The van der Waals surface area contributed by atoms with Crippen molar-refractivity contribution in [2.24, 2.45) is 11.8 Å². The summed E-state index contributed by atoms with van der Waals surface area (Å²) >= 11 is 0. The Morgan fingerprint density at radius 2 is 1.89 bits per heavy atom. The van der Waals surface area contributed by atoms with Crippen LogP contribution in [0.1, 0.15) is 73.1 Å². The highest BCUT2D eigenvalue weighted by Crippen LogP contribution is 2.22. The summed E-state index contributed by atoms with van der Waals surface area (Å²) in [5, 5.41) is 9.39. The lowest BCUT2D eigenvalue weighted by atomic mass is 9.90. The van der Waals surface area contributed by atoms with Gasteiger partial charge in [-0.2, -0.15) is 0 Å². The third kappa shape index (κ3) is 11.0. The zero-order chi connectivity index (χ0) is 14.9. The molecule has 0 amide bonds. The molecule has 0 heterocycles. The third-order valence-corrected chi connectivity index (χ3v) is 3.17. The number of aliphatic hydroxyl groups is 1. The van der Waals surface area contributed by atoms with Gasteiger partial charge in [-0.05, 0) is 39.0 Å². The van der Waals surface area contributed by atoms with Crippen molar-refractivity contribution in [2.75, 3.05) is 6.61 Å². The van der Waals surface area contributed by atoms with Crippen molar-refractivity contribution in [1.29, 1.82) is 0 Å². The molecule has 0 aromatic rings. The van der Waals surface area contributed by atoms with E-state index in [1.54, 1.807) is 0 Å². The van der Waals surface area contributed by atoms with Gasteiger partial charge in [0.15, 0.2) is 0 Å². The minimum atomic E-state index is -0.441. The van der Waals surface area contributed by atoms with Gasteiger partial charge in [-0.15, -0.1) is 0 Å². The molecular weight excluding hydrogens is 240 g/mol. The summed E-state index contributed by atoms with van der Waals surface area (Å²) in [6.45, 7) is 10.1. The van der Waals surface area contributed by atoms with Gasteiger partial charge in [-0.3, -0.25) is 4.79 Å². The monoisotopic (exact) mass is 272 g/mol. The lowest BCUT2D eigenvalue weighted by Gasteiger charge is -2.23. The Hall–Kier alpha value is -0.570. The Kier molecular flexibility index (Phi) is 9.07. The van der Waals surface area contributed by atoms with Crippen LogP contribution in [0.25, 0.3) is 0 Å². The van der Waals surface area contributed by atoms with E-state index in [0.717, 1.165) is 6.42 Å². The molecule has 114 valence electrons. The van der Waals surface area contributed by atoms with Crippen LogP contribution in [-0.4, -0.2) is 23.3 Å². The van der Waals surface area contributed by atoms with Crippen molar-refractivity contribution >= 4 is 5.97 Å². The Labute approximate surface area is 118 Å². The standard InChI is InChI=1S/C16H32O3/c1-6-7-8-9-13(2)10-14(12-17)11-15(18)19-16(3,4)5/h13-14,17H,6-12H2,1-5H3. The molecule has 0 bridgehead atoms. The number of hydrogen-bond donors (Lipinski definition) is 1. The second-order valence-electron chi connectivity index (χ2n) is 6.68. The lowest BCUT2D eigenvalue weighted by Crippen LogP contribution is -2.26. The fourth-order valence-electron chi connectivity index (χ4n) is 2.27. The number of rotatable bonds is 9. The largest absolute Gasteiger partial charge is 0.460 e. The van der Waals surface area contributed by atoms with Crippen LogP contribution in [0.15, 0.2) is 0 Å². The van der Waals surface area contributed by atoms with Gasteiger partial charge in [0.25, 0.3) is 0 Å². The van der Waals surface area contributed by atoms with E-state index < -0.39 is 5.60 Å². The summed E-state index contributed by atoms with van der Waals surface area (Å²) in [5.74, 6) is 0.393. The Bertz CT molecular complexity index is 243. The number of hydrogen-bond acceptors (Lipinski definition) is 3. The SMILES string of the molecule is CCCCCC(C)CC(CO)CC(=O)OC(C)(C)C. The molecule has 2 unspecified atom stereocenters. The maximum Gasteiger partial charge on any atom is 0.306 e. The van der Waals surface area contributed by atoms with Gasteiger partial charge < -0.3 is 9.84 Å². The predicted molar refractivity (Wildman–Crippen MR) is 79.0 cm³/mol. The summed E-state index contributed by atoms with van der Waals surface area (Å²) < 4.78 is 5.30. The molecule has 3 heteroatoms. The van der Waals surface area contributed by atoms with Gasteiger partial charge in [-0.25, -0.2) is 0 Å². The molecule has 0 radical (unpaired) electrons. The van der Waals surface area contributed by atoms with Crippen molar-refractivity contribution < 1.29 is 14.6 Å². The predicted octanol–water partition coefficient (Wildman–Crippen LogP) is 3.93. The van der Waals surface area contributed by atoms with Crippen molar-refractivity contribution in [2.45, 2.75) is 78.7 Å². The summed E-state index contributed by atoms with van der Waals surface area (Å²) in [5.41, 5.74) is -0.441. The van der Waals surface area contributed by atoms with E-state index in [2.05, 4.69) is 13.8 Å². The number of carbonyl (C=O) groups is 1. The summed E-state index contributed by atoms with van der Waals surface area (Å²) in [6, 6.07) is 0. The number of carbonyl (C=O) groups excluding carboxylic acids is 1. The van der Waals surface area contributed by atoms with Crippen LogP contribution in [0.3, 0.4) is 0 Å². The number of esters is 1. The van der Waals surface area contributed by atoms with E-state index in [4.69, 9.17) is 4.74 Å². The maximum absolute atomic E-state index is 11.7. The normalized spacial score (nSPS) is 15.1. The van der Waals surface area contributed by atoms with E-state index in [0.29, 0.717) is 12.3 Å². The fraction of sp³-hybridized carbons (Fsp3) is 0.938. The second kappa shape index (κ2) is 9.35. The number of unbranched alkanes of at least 4 members (excludes halogenated alkanes) is 2. The van der Waals surface area contributed by atoms with Gasteiger partial charge >= 0.3 is 5.97 Å². The molecule has 1 N–H and O–H groups in total. The summed E-state index contributed by atoms with van der Waals surface area (Å²) in [6.07, 6.45) is 6.14. The van der Waals surface area contributed by atoms with Gasteiger partial charge in [0, 0.05) is 6.61 Å². The topological polar surface area (TPSA) is 46.5 Å². The highest BCUT2D eigenvalue weighted by Gasteiger charge is 2.21. The van der Waals surface area contributed by atoms with Crippen molar-refractivity contribution in [3.8, 4) is 0 Å². The molecule has 0 fully saturated rings. The average Bonchev–Trinajstić information content (AvgIpc) is 2.25. The molecule has 0 saturated heterocycles. The van der Waals surface area contributed by atoms with Crippen molar-refractivity contribution in [3.05, 3.63) is 0 Å². The maximum atomic E-state index is 11.7. The molecule has 0 aliphatic rings.